The minimum absolute atomic E-state index is 0.315. The fourth-order valence-electron chi connectivity index (χ4n) is 2.43. The molecule has 1 fully saturated rings. The van der Waals surface area contributed by atoms with Crippen LogP contribution in [-0.4, -0.2) is 56.6 Å². The van der Waals surface area contributed by atoms with Gasteiger partial charge in [0.1, 0.15) is 0 Å². The summed E-state index contributed by atoms with van der Waals surface area (Å²) in [4.78, 5) is 6.06. The molecule has 1 aromatic heterocycles. The van der Waals surface area contributed by atoms with Crippen molar-refractivity contribution in [3.63, 3.8) is 0 Å². The van der Waals surface area contributed by atoms with Gasteiger partial charge in [0.05, 0.1) is 11.1 Å². The van der Waals surface area contributed by atoms with Crippen LogP contribution in [-0.2, 0) is 0 Å². The van der Waals surface area contributed by atoms with E-state index in [4.69, 9.17) is 11.6 Å². The molecular formula is C12H20ClN3S. The van der Waals surface area contributed by atoms with E-state index in [0.29, 0.717) is 12.1 Å². The predicted octanol–water partition coefficient (Wildman–Crippen LogP) is 1.91. The molecule has 2 unspecified atom stereocenters. The van der Waals surface area contributed by atoms with E-state index in [-0.39, 0.29) is 0 Å². The van der Waals surface area contributed by atoms with E-state index in [1.165, 1.54) is 4.88 Å². The van der Waals surface area contributed by atoms with Gasteiger partial charge in [-0.3, -0.25) is 4.90 Å². The van der Waals surface area contributed by atoms with Crippen molar-refractivity contribution in [1.29, 1.82) is 0 Å². The predicted molar refractivity (Wildman–Crippen MR) is 75.0 cm³/mol. The van der Waals surface area contributed by atoms with Crippen molar-refractivity contribution >= 4 is 22.9 Å². The third-order valence-electron chi connectivity index (χ3n) is 3.52. The Bertz CT molecular complexity index is 368. The normalized spacial score (nSPS) is 25.1. The zero-order valence-corrected chi connectivity index (χ0v) is 12.2. The fraction of sp³-hybridized carbons (Fsp3) is 0.667. The maximum atomic E-state index is 6.25. The second-order valence-corrected chi connectivity index (χ2v) is 6.06. The van der Waals surface area contributed by atoms with Crippen LogP contribution >= 0.6 is 22.9 Å². The summed E-state index contributed by atoms with van der Waals surface area (Å²) >= 11 is 7.99. The van der Waals surface area contributed by atoms with Crippen LogP contribution in [0, 0.1) is 0 Å². The van der Waals surface area contributed by atoms with Gasteiger partial charge in [-0.15, -0.1) is 11.3 Å². The van der Waals surface area contributed by atoms with Crippen LogP contribution in [0.1, 0.15) is 10.9 Å². The average molecular weight is 274 g/mol. The van der Waals surface area contributed by atoms with Gasteiger partial charge in [-0.2, -0.15) is 0 Å². The van der Waals surface area contributed by atoms with Crippen molar-refractivity contribution < 1.29 is 0 Å². The van der Waals surface area contributed by atoms with Crippen LogP contribution in [0.2, 0.25) is 5.02 Å². The first-order valence-electron chi connectivity index (χ1n) is 5.92. The van der Waals surface area contributed by atoms with E-state index >= 15 is 0 Å². The second-order valence-electron chi connectivity index (χ2n) is 4.71. The van der Waals surface area contributed by atoms with Crippen molar-refractivity contribution in [1.82, 2.24) is 15.1 Å². The van der Waals surface area contributed by atoms with Crippen LogP contribution in [0.4, 0.5) is 0 Å². The molecule has 1 saturated heterocycles. The molecule has 17 heavy (non-hydrogen) atoms. The molecule has 2 rings (SSSR count). The smallest absolute Gasteiger partial charge is 0.0597 e. The number of rotatable bonds is 3. The van der Waals surface area contributed by atoms with Crippen LogP contribution in [0.15, 0.2) is 11.4 Å². The number of hydrogen-bond donors (Lipinski definition) is 1. The Morgan fingerprint density at radius 3 is 2.82 bits per heavy atom. The Morgan fingerprint density at radius 1 is 1.47 bits per heavy atom. The maximum Gasteiger partial charge on any atom is 0.0597 e. The largest absolute Gasteiger partial charge is 0.311 e. The van der Waals surface area contributed by atoms with E-state index in [9.17, 15) is 0 Å². The van der Waals surface area contributed by atoms with Gasteiger partial charge in [-0.05, 0) is 32.6 Å². The average Bonchev–Trinajstić information content (AvgIpc) is 2.71. The summed E-state index contributed by atoms with van der Waals surface area (Å²) in [5.41, 5.74) is 0. The summed E-state index contributed by atoms with van der Waals surface area (Å²) in [6.45, 7) is 3.33. The zero-order chi connectivity index (χ0) is 12.4. The quantitative estimate of drug-likeness (QED) is 0.908. The van der Waals surface area contributed by atoms with E-state index < -0.39 is 0 Å². The van der Waals surface area contributed by atoms with Gasteiger partial charge < -0.3 is 10.2 Å². The standard InChI is InChI=1S/C12H20ClN3S/c1-14-11(12-9(13)4-7-17-12)10-8-15(2)5-6-16(10)3/h4,7,10-11,14H,5-6,8H2,1-3H3. The fourth-order valence-corrected chi connectivity index (χ4v) is 3.77. The van der Waals surface area contributed by atoms with Gasteiger partial charge in [0, 0.05) is 30.6 Å². The minimum Gasteiger partial charge on any atom is -0.311 e. The van der Waals surface area contributed by atoms with E-state index in [1.807, 2.05) is 13.1 Å². The molecule has 1 aromatic rings. The van der Waals surface area contributed by atoms with Crippen molar-refractivity contribution in [2.24, 2.45) is 0 Å². The van der Waals surface area contributed by atoms with E-state index in [2.05, 4.69) is 34.6 Å². The molecule has 0 amide bonds. The summed E-state index contributed by atoms with van der Waals surface area (Å²) < 4.78 is 0. The summed E-state index contributed by atoms with van der Waals surface area (Å²) in [7, 11) is 6.40. The molecule has 0 radical (unpaired) electrons. The molecule has 0 saturated carbocycles. The molecule has 2 atom stereocenters. The van der Waals surface area contributed by atoms with Gasteiger partial charge in [-0.1, -0.05) is 11.6 Å². The Morgan fingerprint density at radius 2 is 2.24 bits per heavy atom. The van der Waals surface area contributed by atoms with Crippen molar-refractivity contribution in [3.05, 3.63) is 21.3 Å². The molecule has 96 valence electrons. The lowest BCUT2D eigenvalue weighted by molar-refractivity contribution is 0.0906. The van der Waals surface area contributed by atoms with Crippen LogP contribution in [0.3, 0.4) is 0 Å². The molecule has 1 aliphatic rings. The minimum atomic E-state index is 0.315. The van der Waals surface area contributed by atoms with Crippen LogP contribution in [0.5, 0.6) is 0 Å². The molecule has 3 nitrogen and oxygen atoms in total. The molecule has 0 spiro atoms. The Kier molecular flexibility index (Phi) is 4.44. The lowest BCUT2D eigenvalue weighted by atomic mass is 10.0. The summed E-state index contributed by atoms with van der Waals surface area (Å²) in [5.74, 6) is 0. The van der Waals surface area contributed by atoms with E-state index in [0.717, 1.165) is 24.7 Å². The topological polar surface area (TPSA) is 18.5 Å². The van der Waals surface area contributed by atoms with Crippen LogP contribution in [0.25, 0.3) is 0 Å². The number of likely N-dealkylation sites (N-methyl/N-ethyl adjacent to an activating group) is 3. The maximum absolute atomic E-state index is 6.25. The molecule has 1 aliphatic heterocycles. The third kappa shape index (κ3) is 2.83. The number of hydrogen-bond acceptors (Lipinski definition) is 4. The summed E-state index contributed by atoms with van der Waals surface area (Å²) in [5, 5.41) is 6.37. The number of thiophene rings is 1. The Labute approximate surface area is 112 Å². The van der Waals surface area contributed by atoms with Gasteiger partial charge in [-0.25, -0.2) is 0 Å². The van der Waals surface area contributed by atoms with Crippen molar-refractivity contribution in [2.75, 3.05) is 40.8 Å². The highest BCUT2D eigenvalue weighted by Gasteiger charge is 2.31. The first-order chi connectivity index (χ1) is 8.13. The highest BCUT2D eigenvalue weighted by molar-refractivity contribution is 7.10. The van der Waals surface area contributed by atoms with Gasteiger partial charge in [0.15, 0.2) is 0 Å². The van der Waals surface area contributed by atoms with Crippen molar-refractivity contribution in [2.45, 2.75) is 12.1 Å². The monoisotopic (exact) mass is 273 g/mol. The van der Waals surface area contributed by atoms with Gasteiger partial charge in [0.25, 0.3) is 0 Å². The first kappa shape index (κ1) is 13.3. The lowest BCUT2D eigenvalue weighted by Crippen LogP contribution is -2.54. The zero-order valence-electron chi connectivity index (χ0n) is 10.6. The molecule has 0 bridgehead atoms. The highest BCUT2D eigenvalue weighted by Crippen LogP contribution is 2.32. The van der Waals surface area contributed by atoms with E-state index in [1.54, 1.807) is 11.3 Å². The van der Waals surface area contributed by atoms with Crippen molar-refractivity contribution in [3.8, 4) is 0 Å². The van der Waals surface area contributed by atoms with Gasteiger partial charge >= 0.3 is 0 Å². The summed E-state index contributed by atoms with van der Waals surface area (Å²) in [6, 6.07) is 2.78. The first-order valence-corrected chi connectivity index (χ1v) is 7.18. The SMILES string of the molecule is CNC(c1sccc1Cl)C1CN(C)CCN1C. The van der Waals surface area contributed by atoms with Crippen LogP contribution < -0.4 is 5.32 Å². The second kappa shape index (κ2) is 5.67. The third-order valence-corrected chi connectivity index (χ3v) is 4.96. The molecule has 5 heteroatoms. The number of nitrogens with zero attached hydrogens (tertiary/aromatic N) is 2. The molecule has 0 aromatic carbocycles. The number of halogens is 1. The molecule has 2 heterocycles. The highest BCUT2D eigenvalue weighted by atomic mass is 35.5. The number of nitrogens with one attached hydrogen (secondary N) is 1. The summed E-state index contributed by atoms with van der Waals surface area (Å²) in [6.07, 6.45) is 0. The molecule has 1 N–H and O–H groups in total. The van der Waals surface area contributed by atoms with Gasteiger partial charge in [0.2, 0.25) is 0 Å². The Balaban J connectivity index is 2.20. The molecular weight excluding hydrogens is 254 g/mol. The molecule has 0 aliphatic carbocycles. The lowest BCUT2D eigenvalue weighted by Gasteiger charge is -2.41. The number of piperazine rings is 1. The Hall–Kier alpha value is -0.130.